The molecule has 51 heavy (non-hydrogen) atoms. The van der Waals surface area contributed by atoms with Gasteiger partial charge in [0, 0.05) is 24.2 Å². The fraction of sp³-hybridized carbons (Fsp3) is 0.424. The molecule has 2 aromatic carbocycles. The van der Waals surface area contributed by atoms with Crippen molar-refractivity contribution in [2.24, 2.45) is 5.92 Å². The van der Waals surface area contributed by atoms with Crippen LogP contribution in [0.1, 0.15) is 50.8 Å². The molecule has 1 heterocycles. The molecule has 1 aliphatic rings. The van der Waals surface area contributed by atoms with Crippen LogP contribution in [0, 0.1) is 5.92 Å². The number of halogens is 4. The molecular formula is C33H36Cl2F2N2O11S. The lowest BCUT2D eigenvalue weighted by molar-refractivity contribution is -0.146. The van der Waals surface area contributed by atoms with Crippen LogP contribution in [0.5, 0.6) is 23.0 Å². The van der Waals surface area contributed by atoms with E-state index in [2.05, 4.69) is 9.72 Å². The molecule has 1 atom stereocenters. The standard InChI is InChI=1S/C33H36Cl2F2N2O11S/c1-33(2,3)50-32(42)39(20-9-11-23(45-4)26(13-20)46-5)51(43,44)17-28(40)48-25(14-21-22(34)15-38-30(41)29(21)35)19-8-10-24(49-31(36)37)27(12-19)47-16-18-6-7-18/h8-13,15,18,25,31H,6-7,14,16-17H2,1-5H3,(H,38,41)/t25-/m0/s1. The van der Waals surface area contributed by atoms with E-state index < -0.39 is 51.7 Å². The van der Waals surface area contributed by atoms with Gasteiger partial charge in [0.25, 0.3) is 15.6 Å². The van der Waals surface area contributed by atoms with Crippen molar-refractivity contribution in [3.8, 4) is 23.0 Å². The van der Waals surface area contributed by atoms with Gasteiger partial charge in [-0.25, -0.2) is 13.2 Å². The first-order valence-corrected chi connectivity index (χ1v) is 17.7. The summed E-state index contributed by atoms with van der Waals surface area (Å²) in [6.07, 6.45) is -0.154. The molecule has 0 unspecified atom stereocenters. The van der Waals surface area contributed by atoms with E-state index in [1.807, 2.05) is 0 Å². The Morgan fingerprint density at radius 3 is 2.27 bits per heavy atom. The first kappa shape index (κ1) is 39.5. The minimum Gasteiger partial charge on any atom is -0.493 e. The van der Waals surface area contributed by atoms with Crippen LogP contribution in [0.15, 0.2) is 47.4 Å². The fourth-order valence-corrected chi connectivity index (χ4v) is 6.39. The number of sulfonamides is 1. The van der Waals surface area contributed by atoms with E-state index in [9.17, 15) is 31.6 Å². The van der Waals surface area contributed by atoms with Crippen molar-refractivity contribution in [3.05, 3.63) is 74.1 Å². The first-order chi connectivity index (χ1) is 23.9. The predicted molar refractivity (Wildman–Crippen MR) is 183 cm³/mol. The van der Waals surface area contributed by atoms with Gasteiger partial charge in [-0.05, 0) is 69.4 Å². The van der Waals surface area contributed by atoms with E-state index in [0.29, 0.717) is 4.31 Å². The number of nitrogens with one attached hydrogen (secondary N) is 1. The van der Waals surface area contributed by atoms with Gasteiger partial charge in [-0.15, -0.1) is 0 Å². The summed E-state index contributed by atoms with van der Waals surface area (Å²) in [7, 11) is -2.24. The maximum absolute atomic E-state index is 13.9. The van der Waals surface area contributed by atoms with Crippen LogP contribution < -0.4 is 28.8 Å². The van der Waals surface area contributed by atoms with Crippen molar-refractivity contribution >= 4 is 51.0 Å². The van der Waals surface area contributed by atoms with Crippen LogP contribution in [-0.2, 0) is 30.7 Å². The molecule has 0 aliphatic heterocycles. The number of ether oxygens (including phenoxy) is 6. The third-order valence-corrected chi connectivity index (χ3v) is 9.47. The maximum atomic E-state index is 13.9. The zero-order valence-electron chi connectivity index (χ0n) is 28.2. The van der Waals surface area contributed by atoms with Crippen LogP contribution in [-0.4, -0.2) is 64.3 Å². The van der Waals surface area contributed by atoms with Gasteiger partial charge in [0.05, 0.1) is 31.5 Å². The van der Waals surface area contributed by atoms with E-state index in [1.165, 1.54) is 77.6 Å². The van der Waals surface area contributed by atoms with Gasteiger partial charge in [0.1, 0.15) is 16.7 Å². The highest BCUT2D eigenvalue weighted by Gasteiger charge is 2.37. The Kier molecular flexibility index (Phi) is 12.7. The molecule has 1 aliphatic carbocycles. The number of H-pyrrole nitrogens is 1. The number of anilines is 1. The Bertz CT molecular complexity index is 1920. The topological polar surface area (TPSA) is 160 Å². The zero-order valence-corrected chi connectivity index (χ0v) is 30.5. The summed E-state index contributed by atoms with van der Waals surface area (Å²) < 4.78 is 86.3. The first-order valence-electron chi connectivity index (χ1n) is 15.4. The number of aromatic nitrogens is 1. The Balaban J connectivity index is 1.73. The lowest BCUT2D eigenvalue weighted by atomic mass is 10.0. The number of alkyl halides is 2. The van der Waals surface area contributed by atoms with Crippen molar-refractivity contribution in [1.82, 2.24) is 4.98 Å². The lowest BCUT2D eigenvalue weighted by Crippen LogP contribution is -2.43. The van der Waals surface area contributed by atoms with Crippen molar-refractivity contribution in [2.75, 3.05) is 30.9 Å². The molecule has 1 saturated carbocycles. The number of hydrogen-bond donors (Lipinski definition) is 1. The average molecular weight is 778 g/mol. The quantitative estimate of drug-likeness (QED) is 0.164. The molecule has 0 saturated heterocycles. The Labute approximate surface area is 302 Å². The maximum Gasteiger partial charge on any atom is 0.428 e. The number of benzene rings is 2. The molecule has 1 aromatic heterocycles. The Hall–Kier alpha value is -4.28. The highest BCUT2D eigenvalue weighted by Crippen LogP contribution is 2.38. The molecule has 278 valence electrons. The summed E-state index contributed by atoms with van der Waals surface area (Å²) in [5, 5.41) is -0.343. The van der Waals surface area contributed by atoms with Crippen LogP contribution in [0.25, 0.3) is 0 Å². The highest BCUT2D eigenvalue weighted by atomic mass is 35.5. The van der Waals surface area contributed by atoms with E-state index in [0.717, 1.165) is 12.8 Å². The Morgan fingerprint density at radius 2 is 1.67 bits per heavy atom. The van der Waals surface area contributed by atoms with E-state index >= 15 is 0 Å². The van der Waals surface area contributed by atoms with Crippen molar-refractivity contribution in [1.29, 1.82) is 0 Å². The van der Waals surface area contributed by atoms with Gasteiger partial charge >= 0.3 is 18.7 Å². The number of amides is 1. The average Bonchev–Trinajstić information content (AvgIpc) is 3.87. The van der Waals surface area contributed by atoms with Gasteiger partial charge < -0.3 is 33.4 Å². The van der Waals surface area contributed by atoms with Crippen LogP contribution in [0.4, 0.5) is 19.3 Å². The molecule has 0 spiro atoms. The second-order valence-electron chi connectivity index (χ2n) is 12.3. The van der Waals surface area contributed by atoms with E-state index in [1.54, 1.807) is 0 Å². The normalized spacial score (nSPS) is 13.7. The summed E-state index contributed by atoms with van der Waals surface area (Å²) in [5.41, 5.74) is -1.92. The molecular weight excluding hydrogens is 741 g/mol. The number of carbonyl (C=O) groups excluding carboxylic acids is 2. The lowest BCUT2D eigenvalue weighted by Gasteiger charge is -2.27. The monoisotopic (exact) mass is 776 g/mol. The molecule has 4 rings (SSSR count). The van der Waals surface area contributed by atoms with Crippen molar-refractivity contribution < 1.29 is 55.2 Å². The number of pyridine rings is 1. The van der Waals surface area contributed by atoms with Crippen molar-refractivity contribution in [3.63, 3.8) is 0 Å². The summed E-state index contributed by atoms with van der Waals surface area (Å²) >= 11 is 12.6. The molecule has 0 radical (unpaired) electrons. The predicted octanol–water partition coefficient (Wildman–Crippen LogP) is 6.69. The fourth-order valence-electron chi connectivity index (χ4n) is 4.68. The third-order valence-electron chi connectivity index (χ3n) is 7.21. The summed E-state index contributed by atoms with van der Waals surface area (Å²) in [6, 6.07) is 7.56. The number of rotatable bonds is 15. The van der Waals surface area contributed by atoms with Gasteiger partial charge in [-0.2, -0.15) is 13.1 Å². The van der Waals surface area contributed by atoms with Gasteiger partial charge in [0.2, 0.25) is 0 Å². The number of methoxy groups -OCH3 is 2. The highest BCUT2D eigenvalue weighted by molar-refractivity contribution is 7.94. The second-order valence-corrected chi connectivity index (χ2v) is 14.9. The number of nitrogens with zero attached hydrogens (tertiary/aromatic N) is 1. The van der Waals surface area contributed by atoms with E-state index in [-0.39, 0.29) is 68.8 Å². The zero-order chi connectivity index (χ0) is 37.7. The van der Waals surface area contributed by atoms with Gasteiger partial charge in [-0.3, -0.25) is 9.59 Å². The smallest absolute Gasteiger partial charge is 0.428 e. The van der Waals surface area contributed by atoms with Gasteiger partial charge in [0.15, 0.2) is 28.8 Å². The molecule has 1 fully saturated rings. The molecule has 0 bridgehead atoms. The largest absolute Gasteiger partial charge is 0.493 e. The number of esters is 1. The van der Waals surface area contributed by atoms with Gasteiger partial charge in [-0.1, -0.05) is 29.3 Å². The van der Waals surface area contributed by atoms with Crippen LogP contribution in [0.3, 0.4) is 0 Å². The minimum atomic E-state index is -4.90. The third kappa shape index (κ3) is 10.6. The number of hydrogen-bond acceptors (Lipinski definition) is 11. The second kappa shape index (κ2) is 16.4. The molecule has 1 N–H and O–H groups in total. The molecule has 1 amide bonds. The molecule has 13 nitrogen and oxygen atoms in total. The van der Waals surface area contributed by atoms with Crippen LogP contribution in [0.2, 0.25) is 10.0 Å². The minimum absolute atomic E-state index is 0.0133. The summed E-state index contributed by atoms with van der Waals surface area (Å²) in [4.78, 5) is 41.6. The SMILES string of the molecule is COc1ccc(N(C(=O)OC(C)(C)C)S(=O)(=O)CC(=O)O[C@@H](Cc2c(Cl)c[nH]c(=O)c2Cl)c2ccc(OC(F)F)c(OCC3CC3)c2)cc1OC. The van der Waals surface area contributed by atoms with E-state index in [4.69, 9.17) is 46.9 Å². The summed E-state index contributed by atoms with van der Waals surface area (Å²) in [5.74, 6) is -2.60. The number of carbonyl (C=O) groups is 2. The van der Waals surface area contributed by atoms with Crippen LogP contribution >= 0.6 is 23.2 Å². The Morgan fingerprint density at radius 1 is 1.00 bits per heavy atom. The molecule has 3 aromatic rings. The van der Waals surface area contributed by atoms with Crippen molar-refractivity contribution in [2.45, 2.75) is 58.4 Å². The summed E-state index contributed by atoms with van der Waals surface area (Å²) in [6.45, 7) is 1.59. The number of aromatic amines is 1. The molecule has 18 heteroatoms.